The minimum Gasteiger partial charge on any atom is -0.393 e. The van der Waals surface area contributed by atoms with Crippen LogP contribution in [-0.4, -0.2) is 11.2 Å². The maximum Gasteiger partial charge on any atom is 0.0594 e. The van der Waals surface area contributed by atoms with E-state index in [0.29, 0.717) is 22.2 Å². The number of hydrogen-bond donors (Lipinski definition) is 1. The van der Waals surface area contributed by atoms with Gasteiger partial charge in [-0.15, -0.1) is 0 Å². The second-order valence-electron chi connectivity index (χ2n) is 13.6. The van der Waals surface area contributed by atoms with E-state index >= 15 is 0 Å². The molecule has 0 aromatic rings. The number of hydrogen-bond acceptors (Lipinski definition) is 1. The minimum atomic E-state index is -0.121. The third-order valence-corrected chi connectivity index (χ3v) is 11.7. The molecule has 0 aromatic heterocycles. The Balaban J connectivity index is 1.64. The molecule has 4 aliphatic rings. The van der Waals surface area contributed by atoms with Crippen molar-refractivity contribution in [1.29, 1.82) is 0 Å². The highest BCUT2D eigenvalue weighted by Crippen LogP contribution is 2.74. The van der Waals surface area contributed by atoms with Gasteiger partial charge in [0.25, 0.3) is 0 Å². The van der Waals surface area contributed by atoms with Gasteiger partial charge in [0.05, 0.1) is 6.10 Å². The Bertz CT molecular complexity index is 767. The zero-order valence-electron chi connectivity index (χ0n) is 21.9. The van der Waals surface area contributed by atoms with Gasteiger partial charge < -0.3 is 5.11 Å². The summed E-state index contributed by atoms with van der Waals surface area (Å²) in [7, 11) is 0. The Hall–Kier alpha value is -0.560. The van der Waals surface area contributed by atoms with Crippen molar-refractivity contribution in [3.8, 4) is 0 Å². The molecule has 3 fully saturated rings. The van der Waals surface area contributed by atoms with Crippen LogP contribution in [0.4, 0.5) is 0 Å². The van der Waals surface area contributed by atoms with Crippen LogP contribution in [0.25, 0.3) is 0 Å². The zero-order valence-corrected chi connectivity index (χ0v) is 21.9. The van der Waals surface area contributed by atoms with Crippen molar-refractivity contribution < 1.29 is 5.11 Å². The average Bonchev–Trinajstić information content (AvgIpc) is 3.03. The van der Waals surface area contributed by atoms with E-state index in [0.717, 1.165) is 18.3 Å². The molecule has 0 spiro atoms. The van der Waals surface area contributed by atoms with Crippen LogP contribution in [0.3, 0.4) is 0 Å². The largest absolute Gasteiger partial charge is 0.393 e. The molecule has 1 nitrogen and oxygen atoms in total. The van der Waals surface area contributed by atoms with Gasteiger partial charge in [-0.05, 0) is 117 Å². The quantitative estimate of drug-likeness (QED) is 0.447. The van der Waals surface area contributed by atoms with Crippen LogP contribution in [0.1, 0.15) is 120 Å². The van der Waals surface area contributed by atoms with E-state index < -0.39 is 0 Å². The first-order chi connectivity index (χ1) is 14.4. The van der Waals surface area contributed by atoms with Crippen LogP contribution in [0.15, 0.2) is 22.8 Å². The molecule has 0 amide bonds. The van der Waals surface area contributed by atoms with Crippen molar-refractivity contribution in [3.05, 3.63) is 22.8 Å². The molecule has 0 aromatic carbocycles. The summed E-state index contributed by atoms with van der Waals surface area (Å²) in [6.45, 7) is 19.7. The maximum atomic E-state index is 10.8. The summed E-state index contributed by atoms with van der Waals surface area (Å²) in [5.41, 5.74) is 6.45. The predicted octanol–water partition coefficient (Wildman–Crippen LogP) is 8.48. The van der Waals surface area contributed by atoms with Gasteiger partial charge in [-0.3, -0.25) is 0 Å². The first-order valence-electron chi connectivity index (χ1n) is 13.4. The van der Waals surface area contributed by atoms with Gasteiger partial charge in [-0.25, -0.2) is 0 Å². The van der Waals surface area contributed by atoms with E-state index in [9.17, 15) is 5.11 Å². The Labute approximate surface area is 193 Å². The molecule has 31 heavy (non-hydrogen) atoms. The van der Waals surface area contributed by atoms with E-state index in [1.807, 2.05) is 11.1 Å². The lowest BCUT2D eigenvalue weighted by molar-refractivity contribution is -0.200. The Kier molecular flexibility index (Phi) is 5.90. The van der Waals surface area contributed by atoms with E-state index in [1.54, 1.807) is 0 Å². The molecule has 4 rings (SSSR count). The molecule has 1 heteroatoms. The van der Waals surface area contributed by atoms with Crippen molar-refractivity contribution in [2.75, 3.05) is 0 Å². The normalized spacial score (nSPS) is 44.9. The summed E-state index contributed by atoms with van der Waals surface area (Å²) in [6, 6.07) is 0. The fourth-order valence-corrected chi connectivity index (χ4v) is 9.59. The highest BCUT2D eigenvalue weighted by molar-refractivity contribution is 5.36. The summed E-state index contributed by atoms with van der Waals surface area (Å²) >= 11 is 0. The summed E-state index contributed by atoms with van der Waals surface area (Å²) in [4.78, 5) is 0. The van der Waals surface area contributed by atoms with Crippen LogP contribution in [0.5, 0.6) is 0 Å². The molecule has 0 heterocycles. The van der Waals surface area contributed by atoms with Gasteiger partial charge in [0.1, 0.15) is 0 Å². The number of rotatable bonds is 4. The third kappa shape index (κ3) is 3.34. The lowest BCUT2D eigenvalue weighted by Crippen LogP contribution is -2.62. The number of aliphatic hydroxyl groups is 1. The second kappa shape index (κ2) is 7.75. The van der Waals surface area contributed by atoms with Gasteiger partial charge in [-0.2, -0.15) is 0 Å². The SMILES string of the molecule is CC(C)=CCCC(C)C1=C2CCC3C4(C)CCC(O)C(C)(C)C4CCC3(C)C2(C)CC1. The topological polar surface area (TPSA) is 20.2 Å². The molecule has 0 radical (unpaired) electrons. The van der Waals surface area contributed by atoms with E-state index in [-0.39, 0.29) is 11.5 Å². The number of fused-ring (bicyclic) bond motifs is 5. The second-order valence-corrected chi connectivity index (χ2v) is 13.6. The van der Waals surface area contributed by atoms with Crippen molar-refractivity contribution >= 4 is 0 Å². The number of allylic oxidation sites excluding steroid dienone is 4. The molecule has 1 N–H and O–H groups in total. The molecule has 4 aliphatic carbocycles. The fourth-order valence-electron chi connectivity index (χ4n) is 9.59. The molecule has 0 bridgehead atoms. The molecular formula is C30H50O. The standard InChI is InChI=1S/C30H50O/c1-20(2)10-9-11-21(3)22-14-18-29(7)23(22)12-13-25-28(6)17-16-26(31)27(4,5)24(28)15-19-30(25,29)8/h10,21,24-26,31H,9,11-19H2,1-8H3. The first kappa shape index (κ1) is 23.6. The monoisotopic (exact) mass is 426 g/mol. The minimum absolute atomic E-state index is 0.0611. The van der Waals surface area contributed by atoms with Crippen molar-refractivity contribution in [1.82, 2.24) is 0 Å². The van der Waals surface area contributed by atoms with Crippen LogP contribution >= 0.6 is 0 Å². The molecule has 176 valence electrons. The summed E-state index contributed by atoms with van der Waals surface area (Å²) < 4.78 is 0. The Morgan fingerprint density at radius 2 is 1.68 bits per heavy atom. The maximum absolute atomic E-state index is 10.8. The number of aliphatic hydroxyl groups excluding tert-OH is 1. The fraction of sp³-hybridized carbons (Fsp3) is 0.867. The van der Waals surface area contributed by atoms with Crippen LogP contribution in [0, 0.1) is 39.4 Å². The lowest BCUT2D eigenvalue weighted by Gasteiger charge is -2.69. The van der Waals surface area contributed by atoms with Crippen molar-refractivity contribution in [2.24, 2.45) is 39.4 Å². The van der Waals surface area contributed by atoms with Gasteiger partial charge >= 0.3 is 0 Å². The van der Waals surface area contributed by atoms with E-state index in [1.165, 1.54) is 63.4 Å². The highest BCUT2D eigenvalue weighted by atomic mass is 16.3. The zero-order chi connectivity index (χ0) is 22.8. The third-order valence-electron chi connectivity index (χ3n) is 11.7. The molecule has 0 aliphatic heterocycles. The van der Waals surface area contributed by atoms with Crippen LogP contribution in [0.2, 0.25) is 0 Å². The van der Waals surface area contributed by atoms with Gasteiger partial charge in [0.15, 0.2) is 0 Å². The van der Waals surface area contributed by atoms with Crippen LogP contribution in [-0.2, 0) is 0 Å². The predicted molar refractivity (Wildman–Crippen MR) is 133 cm³/mol. The smallest absolute Gasteiger partial charge is 0.0594 e. The summed E-state index contributed by atoms with van der Waals surface area (Å²) in [5, 5.41) is 10.8. The summed E-state index contributed by atoms with van der Waals surface area (Å²) in [6.07, 6.45) is 15.2. The average molecular weight is 427 g/mol. The van der Waals surface area contributed by atoms with Crippen molar-refractivity contribution in [2.45, 2.75) is 126 Å². The Morgan fingerprint density at radius 3 is 2.35 bits per heavy atom. The highest BCUT2D eigenvalue weighted by Gasteiger charge is 2.66. The molecule has 0 saturated heterocycles. The van der Waals surface area contributed by atoms with Gasteiger partial charge in [0.2, 0.25) is 0 Å². The molecule has 7 atom stereocenters. The lowest BCUT2D eigenvalue weighted by atomic mass is 9.36. The molecule has 7 unspecified atom stereocenters. The van der Waals surface area contributed by atoms with Crippen LogP contribution < -0.4 is 0 Å². The molecular weight excluding hydrogens is 376 g/mol. The van der Waals surface area contributed by atoms with Crippen molar-refractivity contribution in [3.63, 3.8) is 0 Å². The van der Waals surface area contributed by atoms with E-state index in [2.05, 4.69) is 61.5 Å². The van der Waals surface area contributed by atoms with Gasteiger partial charge in [0, 0.05) is 0 Å². The Morgan fingerprint density at radius 1 is 0.968 bits per heavy atom. The summed E-state index contributed by atoms with van der Waals surface area (Å²) in [5.74, 6) is 2.21. The van der Waals surface area contributed by atoms with E-state index in [4.69, 9.17) is 0 Å². The molecule has 3 saturated carbocycles. The first-order valence-corrected chi connectivity index (χ1v) is 13.4. The van der Waals surface area contributed by atoms with Gasteiger partial charge in [-0.1, -0.05) is 64.3 Å².